The third kappa shape index (κ3) is 4.62. The summed E-state index contributed by atoms with van der Waals surface area (Å²) in [7, 11) is -3.17. The molecule has 0 saturated carbocycles. The van der Waals surface area contributed by atoms with Gasteiger partial charge in [-0.3, -0.25) is 10.1 Å². The first kappa shape index (κ1) is 17.6. The van der Waals surface area contributed by atoms with Crippen LogP contribution in [0.4, 0.5) is 9.80 Å². The van der Waals surface area contributed by atoms with E-state index in [-0.39, 0.29) is 36.1 Å². The molecule has 2 heterocycles. The highest BCUT2D eigenvalue weighted by atomic mass is 32.2. The summed E-state index contributed by atoms with van der Waals surface area (Å²) in [5, 5.41) is 5.33. The molecule has 11 heteroatoms. The Morgan fingerprint density at radius 3 is 2.91 bits per heavy atom. The Labute approximate surface area is 138 Å². The second-order valence-corrected chi connectivity index (χ2v) is 7.64. The van der Waals surface area contributed by atoms with E-state index in [0.29, 0.717) is 13.0 Å². The summed E-state index contributed by atoms with van der Waals surface area (Å²) in [6, 6.07) is 0. The Hall–Kier alpha value is -1.72. The lowest BCUT2D eigenvalue weighted by molar-refractivity contribution is 0.0948. The fourth-order valence-electron chi connectivity index (χ4n) is 2.08. The minimum atomic E-state index is -3.17. The number of aromatic nitrogens is 1. The van der Waals surface area contributed by atoms with Gasteiger partial charge in [-0.05, 0) is 13.3 Å². The fraction of sp³-hybridized carbons (Fsp3) is 0.583. The van der Waals surface area contributed by atoms with Crippen LogP contribution < -0.4 is 10.6 Å². The van der Waals surface area contributed by atoms with Gasteiger partial charge in [0.05, 0.1) is 17.9 Å². The van der Waals surface area contributed by atoms with Gasteiger partial charge >= 0.3 is 6.09 Å². The van der Waals surface area contributed by atoms with Crippen molar-refractivity contribution in [1.82, 2.24) is 14.6 Å². The van der Waals surface area contributed by atoms with E-state index in [0.717, 1.165) is 11.3 Å². The van der Waals surface area contributed by atoms with Crippen molar-refractivity contribution in [2.24, 2.45) is 0 Å². The summed E-state index contributed by atoms with van der Waals surface area (Å²) in [5.41, 5.74) is 1.51. The lowest BCUT2D eigenvalue weighted by Gasteiger charge is -2.14. The van der Waals surface area contributed by atoms with Gasteiger partial charge in [0.1, 0.15) is 5.00 Å². The summed E-state index contributed by atoms with van der Waals surface area (Å²) < 4.78 is 29.4. The van der Waals surface area contributed by atoms with E-state index in [2.05, 4.69) is 15.6 Å². The molecule has 128 valence electrons. The predicted molar refractivity (Wildman–Crippen MR) is 85.1 cm³/mol. The molecular weight excluding hydrogens is 344 g/mol. The molecule has 2 rings (SSSR count). The fourth-order valence-corrected chi connectivity index (χ4v) is 4.27. The maximum absolute atomic E-state index is 12.1. The number of carbonyl (C=O) groups excluding carboxylic acids is 2. The number of hydrogen-bond acceptors (Lipinski definition) is 7. The van der Waals surface area contributed by atoms with Crippen LogP contribution in [0.25, 0.3) is 0 Å². The first-order chi connectivity index (χ1) is 10.9. The molecule has 2 N–H and O–H groups in total. The van der Waals surface area contributed by atoms with Gasteiger partial charge in [0.15, 0.2) is 5.69 Å². The number of rotatable bonds is 6. The Morgan fingerprint density at radius 2 is 2.26 bits per heavy atom. The third-order valence-electron chi connectivity index (χ3n) is 3.12. The number of hydrogen-bond donors (Lipinski definition) is 2. The molecular formula is C12H18N4O5S2. The van der Waals surface area contributed by atoms with E-state index in [1.165, 1.54) is 9.82 Å². The molecule has 0 aliphatic carbocycles. The van der Waals surface area contributed by atoms with Crippen molar-refractivity contribution in [3.8, 4) is 0 Å². The summed E-state index contributed by atoms with van der Waals surface area (Å²) in [6.45, 7) is 2.76. The topological polar surface area (TPSA) is 118 Å². The molecule has 1 aromatic heterocycles. The van der Waals surface area contributed by atoms with Crippen LogP contribution in [-0.2, 0) is 14.8 Å². The lowest BCUT2D eigenvalue weighted by atomic mass is 10.4. The van der Waals surface area contributed by atoms with E-state index in [1.54, 1.807) is 6.92 Å². The van der Waals surface area contributed by atoms with Gasteiger partial charge in [-0.15, -0.1) is 11.3 Å². The van der Waals surface area contributed by atoms with Gasteiger partial charge in [0.25, 0.3) is 5.91 Å². The van der Waals surface area contributed by atoms with Gasteiger partial charge in [-0.2, -0.15) is 0 Å². The van der Waals surface area contributed by atoms with E-state index in [1.807, 2.05) is 0 Å². The second-order valence-electron chi connectivity index (χ2n) is 4.70. The zero-order valence-electron chi connectivity index (χ0n) is 12.6. The molecule has 9 nitrogen and oxygen atoms in total. The largest absolute Gasteiger partial charge is 0.450 e. The summed E-state index contributed by atoms with van der Waals surface area (Å²) in [4.78, 5) is 27.4. The minimum Gasteiger partial charge on any atom is -0.450 e. The molecule has 1 fully saturated rings. The van der Waals surface area contributed by atoms with Crippen LogP contribution in [0.1, 0.15) is 23.8 Å². The van der Waals surface area contributed by atoms with Crippen molar-refractivity contribution in [2.75, 3.05) is 37.3 Å². The van der Waals surface area contributed by atoms with E-state index in [4.69, 9.17) is 4.74 Å². The van der Waals surface area contributed by atoms with Gasteiger partial charge in [0.2, 0.25) is 10.0 Å². The number of anilines is 1. The van der Waals surface area contributed by atoms with Gasteiger partial charge in [-0.25, -0.2) is 22.5 Å². The first-order valence-corrected chi connectivity index (χ1v) is 9.56. The van der Waals surface area contributed by atoms with E-state index in [9.17, 15) is 18.0 Å². The van der Waals surface area contributed by atoms with Crippen LogP contribution in [0.5, 0.6) is 0 Å². The molecule has 0 atom stereocenters. The van der Waals surface area contributed by atoms with Crippen molar-refractivity contribution >= 4 is 38.4 Å². The smallest absolute Gasteiger partial charge is 0.412 e. The molecule has 0 spiro atoms. The lowest BCUT2D eigenvalue weighted by Crippen LogP contribution is -2.36. The molecule has 1 aliphatic heterocycles. The standard InChI is InChI=1S/C12H18N4O5S2/c1-2-21-12(18)15-11-9(14-8-22-11)10(17)13-4-6-16-5-3-7-23(16,19)20/h8H,2-7H2,1H3,(H,13,17)(H,15,18). The first-order valence-electron chi connectivity index (χ1n) is 7.07. The van der Waals surface area contributed by atoms with Gasteiger partial charge in [0, 0.05) is 19.6 Å². The van der Waals surface area contributed by atoms with Gasteiger partial charge < -0.3 is 10.1 Å². The van der Waals surface area contributed by atoms with Gasteiger partial charge in [-0.1, -0.05) is 0 Å². The highest BCUT2D eigenvalue weighted by Gasteiger charge is 2.27. The molecule has 0 radical (unpaired) electrons. The Bertz CT molecular complexity index is 673. The SMILES string of the molecule is CCOC(=O)Nc1scnc1C(=O)NCCN1CCCS1(=O)=O. The predicted octanol–water partition coefficient (Wildman–Crippen LogP) is 0.477. The zero-order chi connectivity index (χ0) is 16.9. The highest BCUT2D eigenvalue weighted by molar-refractivity contribution is 7.89. The molecule has 1 aromatic rings. The molecule has 1 aliphatic rings. The summed E-state index contributed by atoms with van der Waals surface area (Å²) in [5.74, 6) is -0.324. The van der Waals surface area contributed by atoms with E-state index < -0.39 is 22.0 Å². The van der Waals surface area contributed by atoms with Crippen molar-refractivity contribution in [3.05, 3.63) is 11.2 Å². The van der Waals surface area contributed by atoms with Crippen LogP contribution >= 0.6 is 11.3 Å². The van der Waals surface area contributed by atoms with Crippen LogP contribution in [0.2, 0.25) is 0 Å². The number of nitrogens with one attached hydrogen (secondary N) is 2. The van der Waals surface area contributed by atoms with Crippen molar-refractivity contribution < 1.29 is 22.7 Å². The van der Waals surface area contributed by atoms with Crippen LogP contribution in [0, 0.1) is 0 Å². The third-order valence-corrected chi connectivity index (χ3v) is 5.82. The molecule has 2 amide bonds. The number of carbonyl (C=O) groups is 2. The molecule has 0 bridgehead atoms. The summed E-state index contributed by atoms with van der Waals surface area (Å²) >= 11 is 1.10. The van der Waals surface area contributed by atoms with Crippen LogP contribution in [0.15, 0.2) is 5.51 Å². The van der Waals surface area contributed by atoms with Crippen molar-refractivity contribution in [3.63, 3.8) is 0 Å². The average Bonchev–Trinajstić information content (AvgIpc) is 3.06. The maximum Gasteiger partial charge on any atom is 0.412 e. The Balaban J connectivity index is 1.87. The molecule has 0 unspecified atom stereocenters. The summed E-state index contributed by atoms with van der Waals surface area (Å²) in [6.07, 6.45) is -0.0513. The normalized spacial score (nSPS) is 16.9. The maximum atomic E-state index is 12.1. The number of sulfonamides is 1. The Kier molecular flexibility index (Phi) is 5.91. The zero-order valence-corrected chi connectivity index (χ0v) is 14.2. The molecule has 23 heavy (non-hydrogen) atoms. The number of ether oxygens (including phenoxy) is 1. The monoisotopic (exact) mass is 362 g/mol. The second kappa shape index (κ2) is 7.70. The Morgan fingerprint density at radius 1 is 1.48 bits per heavy atom. The quantitative estimate of drug-likeness (QED) is 0.760. The van der Waals surface area contributed by atoms with Crippen LogP contribution in [0.3, 0.4) is 0 Å². The highest BCUT2D eigenvalue weighted by Crippen LogP contribution is 2.20. The van der Waals surface area contributed by atoms with Crippen molar-refractivity contribution in [1.29, 1.82) is 0 Å². The number of nitrogens with zero attached hydrogens (tertiary/aromatic N) is 2. The minimum absolute atomic E-state index is 0.0762. The average molecular weight is 362 g/mol. The van der Waals surface area contributed by atoms with Crippen LogP contribution in [-0.4, -0.2) is 61.7 Å². The number of thiazole rings is 1. The number of amides is 2. The molecule has 1 saturated heterocycles. The van der Waals surface area contributed by atoms with E-state index >= 15 is 0 Å². The molecule has 0 aromatic carbocycles. The van der Waals surface area contributed by atoms with Crippen molar-refractivity contribution in [2.45, 2.75) is 13.3 Å².